The molecule has 2 unspecified atom stereocenters. The molecule has 0 aliphatic heterocycles. The summed E-state index contributed by atoms with van der Waals surface area (Å²) in [4.78, 5) is -0.761. The Hall–Kier alpha value is -1.25. The van der Waals surface area contributed by atoms with E-state index in [4.69, 9.17) is 11.6 Å². The molecule has 2 nitrogen and oxygen atoms in total. The van der Waals surface area contributed by atoms with E-state index in [1.807, 2.05) is 18.2 Å². The Morgan fingerprint density at radius 2 is 1.50 bits per heavy atom. The highest BCUT2D eigenvalue weighted by atomic mass is 35.5. The first-order chi connectivity index (χ1) is 12.6. The summed E-state index contributed by atoms with van der Waals surface area (Å²) in [5, 5.41) is 15.2. The van der Waals surface area contributed by atoms with Crippen molar-refractivity contribution in [3.05, 3.63) is 58.9 Å². The van der Waals surface area contributed by atoms with Gasteiger partial charge in [-0.3, -0.25) is 0 Å². The first-order valence-electron chi connectivity index (χ1n) is 10.2. The lowest BCUT2D eigenvalue weighted by atomic mass is 9.63. The van der Waals surface area contributed by atoms with Crippen molar-refractivity contribution in [1.82, 2.24) is 5.32 Å². The fourth-order valence-corrected chi connectivity index (χ4v) is 4.05. The van der Waals surface area contributed by atoms with E-state index in [2.05, 4.69) is 85.8 Å². The Morgan fingerprint density at radius 3 is 1.93 bits per heavy atom. The zero-order valence-electron chi connectivity index (χ0n) is 19.1. The van der Waals surface area contributed by atoms with Gasteiger partial charge in [0.15, 0.2) is 0 Å². The van der Waals surface area contributed by atoms with Crippen molar-refractivity contribution in [1.29, 1.82) is 0 Å². The van der Waals surface area contributed by atoms with Crippen LogP contribution in [-0.4, -0.2) is 22.1 Å². The number of benzene rings is 1. The SMILES string of the molecule is CC(C)(C)NCC1=C(O)C(c2ccccc2)C(C(C)(C)C)=CC1(Cl)C(C)(C)C. The van der Waals surface area contributed by atoms with Gasteiger partial charge in [-0.1, -0.05) is 83.5 Å². The summed E-state index contributed by atoms with van der Waals surface area (Å²) in [7, 11) is 0. The summed E-state index contributed by atoms with van der Waals surface area (Å²) in [6.45, 7) is 20.0. The molecule has 156 valence electrons. The number of alkyl halides is 1. The largest absolute Gasteiger partial charge is 0.511 e. The smallest absolute Gasteiger partial charge is 0.106 e. The standard InChI is InChI=1S/C25H38ClNO/c1-22(2,3)18-15-25(26,23(4,5)6)19(16-27-24(7,8)9)21(28)20(18)17-13-11-10-12-14-17/h10-15,20,27-28H,16H2,1-9H3. The second-order valence-corrected chi connectivity index (χ2v) is 11.7. The van der Waals surface area contributed by atoms with Gasteiger partial charge >= 0.3 is 0 Å². The number of halogens is 1. The maximum absolute atomic E-state index is 11.6. The van der Waals surface area contributed by atoms with Crippen LogP contribution in [0.3, 0.4) is 0 Å². The fraction of sp³-hybridized carbons (Fsp3) is 0.600. The molecule has 0 heterocycles. The first kappa shape index (κ1) is 23.0. The maximum atomic E-state index is 11.6. The second kappa shape index (κ2) is 7.54. The van der Waals surface area contributed by atoms with Crippen LogP contribution in [0.15, 0.2) is 53.3 Å². The monoisotopic (exact) mass is 403 g/mol. The third-order valence-corrected chi connectivity index (χ3v) is 6.48. The molecule has 0 amide bonds. The average molecular weight is 404 g/mol. The van der Waals surface area contributed by atoms with Gasteiger partial charge in [-0.05, 0) is 37.2 Å². The van der Waals surface area contributed by atoms with Crippen molar-refractivity contribution in [2.45, 2.75) is 78.6 Å². The van der Waals surface area contributed by atoms with Gasteiger partial charge in [0.25, 0.3) is 0 Å². The number of hydrogen-bond donors (Lipinski definition) is 2. The number of nitrogens with one attached hydrogen (secondary N) is 1. The van der Waals surface area contributed by atoms with Crippen molar-refractivity contribution < 1.29 is 5.11 Å². The molecule has 2 rings (SSSR count). The highest BCUT2D eigenvalue weighted by Gasteiger charge is 2.49. The number of aliphatic hydroxyl groups excluding tert-OH is 1. The third kappa shape index (κ3) is 4.66. The molecule has 2 atom stereocenters. The van der Waals surface area contributed by atoms with Crippen molar-refractivity contribution in [2.75, 3.05) is 6.54 Å². The fourth-order valence-electron chi connectivity index (χ4n) is 3.77. The number of aliphatic hydroxyl groups is 1. The molecule has 0 fully saturated rings. The summed E-state index contributed by atoms with van der Waals surface area (Å²) >= 11 is 7.36. The van der Waals surface area contributed by atoms with Gasteiger partial charge < -0.3 is 10.4 Å². The van der Waals surface area contributed by atoms with Gasteiger partial charge in [0.2, 0.25) is 0 Å². The molecule has 1 aliphatic rings. The minimum atomic E-state index is -0.761. The summed E-state index contributed by atoms with van der Waals surface area (Å²) in [6, 6.07) is 10.3. The highest BCUT2D eigenvalue weighted by Crippen LogP contribution is 2.54. The van der Waals surface area contributed by atoms with Gasteiger partial charge in [0.05, 0.1) is 10.8 Å². The lowest BCUT2D eigenvalue weighted by Gasteiger charge is -2.47. The lowest BCUT2D eigenvalue weighted by Crippen LogP contribution is -2.48. The summed E-state index contributed by atoms with van der Waals surface area (Å²) in [6.07, 6.45) is 2.23. The van der Waals surface area contributed by atoms with Gasteiger partial charge in [0.1, 0.15) is 5.76 Å². The Kier molecular flexibility index (Phi) is 6.20. The van der Waals surface area contributed by atoms with Crippen LogP contribution in [-0.2, 0) is 0 Å². The van der Waals surface area contributed by atoms with E-state index in [9.17, 15) is 5.11 Å². The van der Waals surface area contributed by atoms with Crippen LogP contribution >= 0.6 is 11.6 Å². The Labute approximate surface area is 177 Å². The Balaban J connectivity index is 2.73. The first-order valence-corrected chi connectivity index (χ1v) is 10.6. The molecular weight excluding hydrogens is 366 g/mol. The molecule has 0 spiro atoms. The number of hydrogen-bond acceptors (Lipinski definition) is 2. The van der Waals surface area contributed by atoms with Gasteiger partial charge in [-0.25, -0.2) is 0 Å². The van der Waals surface area contributed by atoms with E-state index in [1.54, 1.807) is 0 Å². The van der Waals surface area contributed by atoms with E-state index >= 15 is 0 Å². The third-order valence-electron chi connectivity index (χ3n) is 5.57. The van der Waals surface area contributed by atoms with Gasteiger partial charge in [-0.2, -0.15) is 0 Å². The maximum Gasteiger partial charge on any atom is 0.106 e. The van der Waals surface area contributed by atoms with Crippen molar-refractivity contribution >= 4 is 11.6 Å². The number of allylic oxidation sites excluding steroid dienone is 2. The summed E-state index contributed by atoms with van der Waals surface area (Å²) in [5.41, 5.74) is 2.69. The van der Waals surface area contributed by atoms with Crippen LogP contribution in [0.1, 0.15) is 73.8 Å². The molecule has 0 aromatic heterocycles. The van der Waals surface area contributed by atoms with Crippen molar-refractivity contribution in [2.24, 2.45) is 10.8 Å². The van der Waals surface area contributed by atoms with Crippen LogP contribution in [0.2, 0.25) is 0 Å². The molecule has 0 bridgehead atoms. The number of rotatable bonds is 3. The Morgan fingerprint density at radius 1 is 0.964 bits per heavy atom. The van der Waals surface area contributed by atoms with Crippen LogP contribution in [0.25, 0.3) is 0 Å². The molecule has 0 saturated carbocycles. The summed E-state index contributed by atoms with van der Waals surface area (Å²) in [5.74, 6) is 0.215. The predicted octanol–water partition coefficient (Wildman–Crippen LogP) is 6.98. The minimum absolute atomic E-state index is 0.0702. The van der Waals surface area contributed by atoms with Gasteiger partial charge in [-0.15, -0.1) is 11.6 Å². The molecule has 0 radical (unpaired) electrons. The van der Waals surface area contributed by atoms with Crippen molar-refractivity contribution in [3.8, 4) is 0 Å². The minimum Gasteiger partial charge on any atom is -0.511 e. The zero-order chi connectivity index (χ0) is 21.5. The highest BCUT2D eigenvalue weighted by molar-refractivity contribution is 6.28. The summed E-state index contributed by atoms with van der Waals surface area (Å²) < 4.78 is 0. The quantitative estimate of drug-likeness (QED) is 0.421. The zero-order valence-corrected chi connectivity index (χ0v) is 19.8. The van der Waals surface area contributed by atoms with Crippen LogP contribution in [0.5, 0.6) is 0 Å². The van der Waals surface area contributed by atoms with Crippen LogP contribution in [0.4, 0.5) is 0 Å². The van der Waals surface area contributed by atoms with Gasteiger partial charge in [0, 0.05) is 17.7 Å². The van der Waals surface area contributed by atoms with E-state index < -0.39 is 4.87 Å². The molecule has 1 aromatic carbocycles. The lowest BCUT2D eigenvalue weighted by molar-refractivity contribution is 0.283. The topological polar surface area (TPSA) is 32.3 Å². The van der Waals surface area contributed by atoms with E-state index in [0.717, 1.165) is 11.1 Å². The van der Waals surface area contributed by atoms with E-state index in [1.165, 1.54) is 5.57 Å². The van der Waals surface area contributed by atoms with Crippen molar-refractivity contribution in [3.63, 3.8) is 0 Å². The molecular formula is C25H38ClNO. The van der Waals surface area contributed by atoms with E-state index in [0.29, 0.717) is 12.3 Å². The van der Waals surface area contributed by atoms with Crippen LogP contribution in [0, 0.1) is 10.8 Å². The predicted molar refractivity (Wildman–Crippen MR) is 122 cm³/mol. The Bertz CT molecular complexity index is 756. The molecule has 3 heteroatoms. The molecule has 0 saturated heterocycles. The van der Waals surface area contributed by atoms with Crippen LogP contribution < -0.4 is 5.32 Å². The molecule has 1 aromatic rings. The molecule has 1 aliphatic carbocycles. The normalized spacial score (nSPS) is 24.4. The molecule has 2 N–H and O–H groups in total. The second-order valence-electron chi connectivity index (χ2n) is 11.1. The molecule has 28 heavy (non-hydrogen) atoms. The average Bonchev–Trinajstić information content (AvgIpc) is 2.52. The van der Waals surface area contributed by atoms with E-state index in [-0.39, 0.29) is 22.3 Å².